The maximum Gasteiger partial charge on any atom is 2.00 e. The Kier molecular flexibility index (Phi) is 15.3. The summed E-state index contributed by atoms with van der Waals surface area (Å²) in [4.78, 5) is 0. The van der Waals surface area contributed by atoms with Crippen molar-refractivity contribution in [3.8, 4) is 0 Å². The van der Waals surface area contributed by atoms with Gasteiger partial charge in [0.1, 0.15) is 0 Å². The fraction of sp³-hybridized carbons (Fsp3) is 0.833. The first-order chi connectivity index (χ1) is 4.12. The van der Waals surface area contributed by atoms with E-state index in [1.54, 1.807) is 0 Å². The standard InChI is InChI=1S/C6H15O2Si.ClH.Mg/c1-5-7-9(3,4)8-6-2;;/h3,5-6H2,1-2,4H3;1H;/q-1;;+2/p-1. The Morgan fingerprint density at radius 3 is 1.64 bits per heavy atom. The smallest absolute Gasteiger partial charge is 1.00 e. The van der Waals surface area contributed by atoms with Gasteiger partial charge in [0.25, 0.3) is 0 Å². The molecule has 0 amide bonds. The van der Waals surface area contributed by atoms with Crippen LogP contribution in [0.3, 0.4) is 0 Å². The van der Waals surface area contributed by atoms with E-state index in [-0.39, 0.29) is 35.5 Å². The quantitative estimate of drug-likeness (QED) is 0.397. The molecule has 64 valence electrons. The Balaban J connectivity index is -0.000000320. The zero-order valence-corrected chi connectivity index (χ0v) is 10.7. The van der Waals surface area contributed by atoms with E-state index in [1.807, 2.05) is 20.4 Å². The van der Waals surface area contributed by atoms with E-state index in [4.69, 9.17) is 8.85 Å². The molecule has 0 radical (unpaired) electrons. The van der Waals surface area contributed by atoms with E-state index in [9.17, 15) is 0 Å². The maximum absolute atomic E-state index is 5.28. The zero-order chi connectivity index (χ0) is 7.33. The summed E-state index contributed by atoms with van der Waals surface area (Å²) in [6.45, 7) is 11.1. The molecule has 0 aliphatic heterocycles. The SMILES string of the molecule is [CH2-][Si](C)(OCC)OCC.[Cl-].[Mg+2]. The van der Waals surface area contributed by atoms with E-state index >= 15 is 0 Å². The van der Waals surface area contributed by atoms with Crippen molar-refractivity contribution >= 4 is 31.6 Å². The molecule has 0 heterocycles. The van der Waals surface area contributed by atoms with Crippen LogP contribution in [0.15, 0.2) is 0 Å². The predicted molar refractivity (Wildman–Crippen MR) is 46.0 cm³/mol. The summed E-state index contributed by atoms with van der Waals surface area (Å²) < 4.78 is 10.6. The third-order valence-corrected chi connectivity index (χ3v) is 2.70. The fourth-order valence-electron chi connectivity index (χ4n) is 0.652. The zero-order valence-electron chi connectivity index (χ0n) is 7.52. The van der Waals surface area contributed by atoms with Gasteiger partial charge in [0.05, 0.1) is 0 Å². The van der Waals surface area contributed by atoms with Crippen LogP contribution in [0.25, 0.3) is 0 Å². The topological polar surface area (TPSA) is 18.5 Å². The molecule has 0 aromatic carbocycles. The molecule has 0 aliphatic rings. The predicted octanol–water partition coefficient (Wildman–Crippen LogP) is -1.87. The van der Waals surface area contributed by atoms with Crippen molar-refractivity contribution in [2.45, 2.75) is 20.4 Å². The van der Waals surface area contributed by atoms with E-state index in [0.717, 1.165) is 0 Å². The van der Waals surface area contributed by atoms with Crippen LogP contribution in [0.4, 0.5) is 0 Å². The van der Waals surface area contributed by atoms with Crippen molar-refractivity contribution in [2.24, 2.45) is 0 Å². The molecule has 0 atom stereocenters. The van der Waals surface area contributed by atoms with Crippen molar-refractivity contribution < 1.29 is 21.3 Å². The minimum absolute atomic E-state index is 0. The van der Waals surface area contributed by atoms with Crippen molar-refractivity contribution in [3.63, 3.8) is 0 Å². The fourth-order valence-corrected chi connectivity index (χ4v) is 1.96. The van der Waals surface area contributed by atoms with Gasteiger partial charge in [-0.2, -0.15) is 0 Å². The normalized spacial score (nSPS) is 9.82. The van der Waals surface area contributed by atoms with Crippen LogP contribution in [-0.4, -0.2) is 44.8 Å². The molecule has 0 bridgehead atoms. The number of hydrogen-bond donors (Lipinski definition) is 0. The van der Waals surface area contributed by atoms with Crippen molar-refractivity contribution in [1.29, 1.82) is 0 Å². The van der Waals surface area contributed by atoms with E-state index in [1.165, 1.54) is 0 Å². The monoisotopic (exact) mass is 206 g/mol. The summed E-state index contributed by atoms with van der Waals surface area (Å²) >= 11 is 0. The first kappa shape index (κ1) is 18.1. The molecule has 0 aromatic rings. The molecule has 5 heteroatoms. The van der Waals surface area contributed by atoms with Crippen molar-refractivity contribution in [2.75, 3.05) is 13.2 Å². The van der Waals surface area contributed by atoms with Crippen LogP contribution in [0.2, 0.25) is 6.55 Å². The van der Waals surface area contributed by atoms with Gasteiger partial charge < -0.3 is 21.3 Å². The summed E-state index contributed by atoms with van der Waals surface area (Å²) in [5, 5.41) is 0. The molecule has 2 nitrogen and oxygen atoms in total. The first-order valence-corrected chi connectivity index (χ1v) is 5.78. The molecular weight excluding hydrogens is 192 g/mol. The van der Waals surface area contributed by atoms with E-state index < -0.39 is 8.56 Å². The maximum atomic E-state index is 5.28. The van der Waals surface area contributed by atoms with Crippen LogP contribution in [-0.2, 0) is 8.85 Å². The molecule has 0 unspecified atom stereocenters. The Labute approximate surface area is 92.8 Å². The number of halogens is 1. The summed E-state index contributed by atoms with van der Waals surface area (Å²) in [5.41, 5.74) is 0. The van der Waals surface area contributed by atoms with Crippen molar-refractivity contribution in [3.05, 3.63) is 6.55 Å². The van der Waals surface area contributed by atoms with Gasteiger partial charge in [0, 0.05) is 13.2 Å². The second-order valence-electron chi connectivity index (χ2n) is 2.00. The molecule has 0 aromatic heterocycles. The van der Waals surface area contributed by atoms with Crippen LogP contribution < -0.4 is 12.4 Å². The van der Waals surface area contributed by atoms with Gasteiger partial charge in [-0.1, -0.05) is 0 Å². The molecule has 0 fully saturated rings. The summed E-state index contributed by atoms with van der Waals surface area (Å²) in [6.07, 6.45) is 0. The Bertz CT molecular complexity index is 75.0. The largest absolute Gasteiger partial charge is 2.00 e. The average molecular weight is 207 g/mol. The minimum atomic E-state index is -1.95. The molecule has 0 rings (SSSR count). The van der Waals surface area contributed by atoms with Gasteiger partial charge in [-0.05, 0) is 20.4 Å². The van der Waals surface area contributed by atoms with Crippen LogP contribution >= 0.6 is 0 Å². The summed E-state index contributed by atoms with van der Waals surface area (Å²) in [5.74, 6) is 0. The van der Waals surface area contributed by atoms with Gasteiger partial charge in [0.15, 0.2) is 8.56 Å². The Morgan fingerprint density at radius 2 is 1.45 bits per heavy atom. The van der Waals surface area contributed by atoms with Gasteiger partial charge in [-0.3, -0.25) is 6.55 Å². The third kappa shape index (κ3) is 11.2. The molecule has 11 heavy (non-hydrogen) atoms. The van der Waals surface area contributed by atoms with Crippen LogP contribution in [0.1, 0.15) is 13.8 Å². The second kappa shape index (κ2) is 9.28. The van der Waals surface area contributed by atoms with Gasteiger partial charge in [-0.15, -0.1) is 0 Å². The molecule has 0 aliphatic carbocycles. The molecular formula is C6H15ClMgO2Si. The van der Waals surface area contributed by atoms with E-state index in [2.05, 4.69) is 6.55 Å². The summed E-state index contributed by atoms with van der Waals surface area (Å²) in [6, 6.07) is 0. The van der Waals surface area contributed by atoms with Gasteiger partial charge in [-0.25, -0.2) is 0 Å². The van der Waals surface area contributed by atoms with Gasteiger partial charge in [0.2, 0.25) is 0 Å². The molecule has 0 N–H and O–H groups in total. The van der Waals surface area contributed by atoms with Crippen molar-refractivity contribution in [1.82, 2.24) is 0 Å². The van der Waals surface area contributed by atoms with E-state index in [0.29, 0.717) is 13.2 Å². The first-order valence-electron chi connectivity index (χ1n) is 3.25. The minimum Gasteiger partial charge on any atom is -1.00 e. The average Bonchev–Trinajstić information content (AvgIpc) is 1.64. The Hall–Kier alpha value is 1.19. The second-order valence-corrected chi connectivity index (χ2v) is 4.84. The molecule has 0 saturated carbocycles. The van der Waals surface area contributed by atoms with Gasteiger partial charge >= 0.3 is 23.1 Å². The number of hydrogen-bond acceptors (Lipinski definition) is 2. The van der Waals surface area contributed by atoms with Crippen LogP contribution in [0, 0.1) is 6.55 Å². The third-order valence-electron chi connectivity index (χ3n) is 0.899. The Morgan fingerprint density at radius 1 is 1.18 bits per heavy atom. The molecule has 0 spiro atoms. The number of rotatable bonds is 4. The molecule has 0 saturated heterocycles. The van der Waals surface area contributed by atoms with Crippen LogP contribution in [0.5, 0.6) is 0 Å². The summed E-state index contributed by atoms with van der Waals surface area (Å²) in [7, 11) is -1.95.